The van der Waals surface area contributed by atoms with Crippen molar-refractivity contribution in [1.82, 2.24) is 5.32 Å². The van der Waals surface area contributed by atoms with Gasteiger partial charge in [0.1, 0.15) is 0 Å². The summed E-state index contributed by atoms with van der Waals surface area (Å²) in [6.45, 7) is 2.34. The van der Waals surface area contributed by atoms with Gasteiger partial charge in [-0.05, 0) is 44.7 Å². The Kier molecular flexibility index (Phi) is 4.08. The molecule has 0 aromatic heterocycles. The Hall–Kier alpha value is -0.570. The highest BCUT2D eigenvalue weighted by atomic mass is 14.9. The SMILES string of the molecule is N=C(N)CCCC1CCNCC1. The normalized spacial score (nSPS) is 19.3. The van der Waals surface area contributed by atoms with Gasteiger partial charge >= 0.3 is 0 Å². The van der Waals surface area contributed by atoms with E-state index in [-0.39, 0.29) is 0 Å². The lowest BCUT2D eigenvalue weighted by Gasteiger charge is -2.22. The zero-order valence-electron chi connectivity index (χ0n) is 7.60. The van der Waals surface area contributed by atoms with Gasteiger partial charge in [0, 0.05) is 6.42 Å². The second-order valence-electron chi connectivity index (χ2n) is 3.61. The van der Waals surface area contributed by atoms with Gasteiger partial charge in [0.2, 0.25) is 0 Å². The fourth-order valence-corrected chi connectivity index (χ4v) is 1.75. The van der Waals surface area contributed by atoms with Gasteiger partial charge in [-0.15, -0.1) is 0 Å². The fraction of sp³-hybridized carbons (Fsp3) is 0.889. The summed E-state index contributed by atoms with van der Waals surface area (Å²) in [6, 6.07) is 0. The third kappa shape index (κ3) is 3.72. The van der Waals surface area contributed by atoms with Crippen molar-refractivity contribution in [2.45, 2.75) is 32.1 Å². The van der Waals surface area contributed by atoms with E-state index in [2.05, 4.69) is 5.32 Å². The van der Waals surface area contributed by atoms with E-state index in [1.54, 1.807) is 0 Å². The van der Waals surface area contributed by atoms with E-state index >= 15 is 0 Å². The van der Waals surface area contributed by atoms with Crippen molar-refractivity contribution in [2.24, 2.45) is 11.7 Å². The monoisotopic (exact) mass is 169 g/mol. The Morgan fingerprint density at radius 1 is 1.42 bits per heavy atom. The molecule has 0 atom stereocenters. The van der Waals surface area contributed by atoms with Crippen LogP contribution in [0.15, 0.2) is 0 Å². The summed E-state index contributed by atoms with van der Waals surface area (Å²) in [5.74, 6) is 1.22. The highest BCUT2D eigenvalue weighted by Gasteiger charge is 2.11. The molecule has 1 aliphatic rings. The maximum absolute atomic E-state index is 7.08. The minimum absolute atomic E-state index is 0.337. The maximum Gasteiger partial charge on any atom is 0.0905 e. The Bertz CT molecular complexity index is 139. The van der Waals surface area contributed by atoms with Crippen LogP contribution >= 0.6 is 0 Å². The quantitative estimate of drug-likeness (QED) is 0.436. The molecule has 12 heavy (non-hydrogen) atoms. The first-order chi connectivity index (χ1) is 5.79. The minimum atomic E-state index is 0.337. The van der Waals surface area contributed by atoms with Crippen molar-refractivity contribution in [3.05, 3.63) is 0 Å². The van der Waals surface area contributed by atoms with Crippen LogP contribution in [0.5, 0.6) is 0 Å². The van der Waals surface area contributed by atoms with Crippen LogP contribution in [0.2, 0.25) is 0 Å². The van der Waals surface area contributed by atoms with Crippen LogP contribution in [0.4, 0.5) is 0 Å². The molecule has 0 saturated carbocycles. The predicted molar refractivity (Wildman–Crippen MR) is 51.4 cm³/mol. The first-order valence-corrected chi connectivity index (χ1v) is 4.82. The lowest BCUT2D eigenvalue weighted by Crippen LogP contribution is -2.27. The topological polar surface area (TPSA) is 61.9 Å². The molecule has 0 radical (unpaired) electrons. The van der Waals surface area contributed by atoms with E-state index in [4.69, 9.17) is 11.1 Å². The summed E-state index contributed by atoms with van der Waals surface area (Å²) in [4.78, 5) is 0. The summed E-state index contributed by atoms with van der Waals surface area (Å²) in [7, 11) is 0. The van der Waals surface area contributed by atoms with Gasteiger partial charge in [-0.25, -0.2) is 0 Å². The summed E-state index contributed by atoms with van der Waals surface area (Å²) < 4.78 is 0. The van der Waals surface area contributed by atoms with Crippen molar-refractivity contribution in [3.8, 4) is 0 Å². The molecule has 3 nitrogen and oxygen atoms in total. The summed E-state index contributed by atoms with van der Waals surface area (Å²) in [5, 5.41) is 10.4. The lowest BCUT2D eigenvalue weighted by molar-refractivity contribution is 0.349. The second-order valence-corrected chi connectivity index (χ2v) is 3.61. The average Bonchev–Trinajstić information content (AvgIpc) is 2.05. The molecule has 1 heterocycles. The molecule has 0 aliphatic carbocycles. The van der Waals surface area contributed by atoms with Crippen LogP contribution in [0.25, 0.3) is 0 Å². The molecule has 0 unspecified atom stereocenters. The number of amidine groups is 1. The van der Waals surface area contributed by atoms with Gasteiger partial charge in [0.05, 0.1) is 5.84 Å². The van der Waals surface area contributed by atoms with Crippen molar-refractivity contribution in [3.63, 3.8) is 0 Å². The highest BCUT2D eigenvalue weighted by molar-refractivity contribution is 5.76. The Morgan fingerprint density at radius 2 is 2.08 bits per heavy atom. The molecule has 0 amide bonds. The second kappa shape index (κ2) is 5.14. The zero-order valence-corrected chi connectivity index (χ0v) is 7.60. The van der Waals surface area contributed by atoms with E-state index in [1.807, 2.05) is 0 Å². The third-order valence-electron chi connectivity index (χ3n) is 2.52. The van der Waals surface area contributed by atoms with E-state index in [1.165, 1.54) is 32.4 Å². The molecular formula is C9H19N3. The van der Waals surface area contributed by atoms with Crippen LogP contribution in [0.1, 0.15) is 32.1 Å². The Labute approximate surface area is 74.2 Å². The van der Waals surface area contributed by atoms with Crippen LogP contribution in [-0.2, 0) is 0 Å². The van der Waals surface area contributed by atoms with Gasteiger partial charge in [-0.1, -0.05) is 0 Å². The largest absolute Gasteiger partial charge is 0.388 e. The zero-order chi connectivity index (χ0) is 8.81. The van der Waals surface area contributed by atoms with E-state index in [9.17, 15) is 0 Å². The molecule has 1 aliphatic heterocycles. The van der Waals surface area contributed by atoms with Gasteiger partial charge < -0.3 is 11.1 Å². The van der Waals surface area contributed by atoms with Crippen molar-refractivity contribution in [2.75, 3.05) is 13.1 Å². The molecule has 0 aromatic carbocycles. The van der Waals surface area contributed by atoms with Gasteiger partial charge in [0.15, 0.2) is 0 Å². The van der Waals surface area contributed by atoms with Crippen molar-refractivity contribution < 1.29 is 0 Å². The highest BCUT2D eigenvalue weighted by Crippen LogP contribution is 2.18. The third-order valence-corrected chi connectivity index (χ3v) is 2.52. The molecule has 0 bridgehead atoms. The first kappa shape index (κ1) is 9.52. The average molecular weight is 169 g/mol. The molecule has 0 spiro atoms. The van der Waals surface area contributed by atoms with Gasteiger partial charge in [0.25, 0.3) is 0 Å². The van der Waals surface area contributed by atoms with Crippen LogP contribution in [0, 0.1) is 11.3 Å². The lowest BCUT2D eigenvalue weighted by atomic mass is 9.92. The minimum Gasteiger partial charge on any atom is -0.388 e. The maximum atomic E-state index is 7.08. The number of nitrogens with two attached hydrogens (primary N) is 1. The molecule has 3 heteroatoms. The van der Waals surface area contributed by atoms with Crippen LogP contribution in [0.3, 0.4) is 0 Å². The number of hydrogen-bond donors (Lipinski definition) is 3. The van der Waals surface area contributed by atoms with Gasteiger partial charge in [-0.2, -0.15) is 0 Å². The van der Waals surface area contributed by atoms with E-state index in [0.717, 1.165) is 18.8 Å². The van der Waals surface area contributed by atoms with Gasteiger partial charge in [-0.3, -0.25) is 5.41 Å². The fourth-order valence-electron chi connectivity index (χ4n) is 1.75. The molecule has 70 valence electrons. The first-order valence-electron chi connectivity index (χ1n) is 4.82. The Morgan fingerprint density at radius 3 is 2.67 bits per heavy atom. The summed E-state index contributed by atoms with van der Waals surface area (Å²) in [6.07, 6.45) is 5.74. The number of piperidine rings is 1. The summed E-state index contributed by atoms with van der Waals surface area (Å²) >= 11 is 0. The predicted octanol–water partition coefficient (Wildman–Crippen LogP) is 1.09. The standard InChI is InChI=1S/C9H19N3/c10-9(11)3-1-2-8-4-6-12-7-5-8/h8,12H,1-7H2,(H3,10,11). The Balaban J connectivity index is 2.01. The number of hydrogen-bond acceptors (Lipinski definition) is 2. The summed E-state index contributed by atoms with van der Waals surface area (Å²) in [5.41, 5.74) is 5.28. The smallest absolute Gasteiger partial charge is 0.0905 e. The van der Waals surface area contributed by atoms with Crippen LogP contribution < -0.4 is 11.1 Å². The molecule has 0 aromatic rings. The van der Waals surface area contributed by atoms with E-state index < -0.39 is 0 Å². The molecule has 1 rings (SSSR count). The van der Waals surface area contributed by atoms with Crippen molar-refractivity contribution >= 4 is 5.84 Å². The number of nitrogens with one attached hydrogen (secondary N) is 2. The molecule has 4 N–H and O–H groups in total. The van der Waals surface area contributed by atoms with E-state index in [0.29, 0.717) is 5.84 Å². The van der Waals surface area contributed by atoms with Crippen LogP contribution in [-0.4, -0.2) is 18.9 Å². The van der Waals surface area contributed by atoms with Crippen molar-refractivity contribution in [1.29, 1.82) is 5.41 Å². The number of rotatable bonds is 4. The molecule has 1 saturated heterocycles. The molecular weight excluding hydrogens is 150 g/mol. The molecule has 1 fully saturated rings.